The van der Waals surface area contributed by atoms with Crippen LogP contribution in [0.3, 0.4) is 0 Å². The second-order valence-corrected chi connectivity index (χ2v) is 11.1. The van der Waals surface area contributed by atoms with Crippen LogP contribution in [0.5, 0.6) is 0 Å². The van der Waals surface area contributed by atoms with Gasteiger partial charge in [-0.1, -0.05) is 26.0 Å². The summed E-state index contributed by atoms with van der Waals surface area (Å²) in [5.41, 5.74) is 1.03. The highest BCUT2D eigenvalue weighted by atomic mass is 79.9. The van der Waals surface area contributed by atoms with Crippen molar-refractivity contribution in [1.29, 1.82) is 0 Å². The number of hydrogen-bond donors (Lipinski definition) is 0. The number of hydrogen-bond acceptors (Lipinski definition) is 2. The number of pyridine rings is 2. The molecule has 2 heterocycles. The summed E-state index contributed by atoms with van der Waals surface area (Å²) in [6, 6.07) is 14.0. The number of rotatable bonds is 7. The van der Waals surface area contributed by atoms with Crippen molar-refractivity contribution in [2.24, 2.45) is 0 Å². The van der Waals surface area contributed by atoms with E-state index in [2.05, 4.69) is 15.9 Å². The predicted octanol–water partition coefficient (Wildman–Crippen LogP) is 9.10. The molecule has 0 fully saturated rings. The fourth-order valence-corrected chi connectivity index (χ4v) is 5.35. The highest BCUT2D eigenvalue weighted by Crippen LogP contribution is 2.27. The first-order valence-electron chi connectivity index (χ1n) is 14.0. The van der Waals surface area contributed by atoms with Gasteiger partial charge in [-0.05, 0) is 99.6 Å². The van der Waals surface area contributed by atoms with Gasteiger partial charge < -0.3 is 9.13 Å². The number of halogens is 8. The Hall–Kier alpha value is -4.45. The van der Waals surface area contributed by atoms with Crippen LogP contribution in [0.1, 0.15) is 49.9 Å². The van der Waals surface area contributed by atoms with Crippen LogP contribution in [-0.4, -0.2) is 9.13 Å². The van der Waals surface area contributed by atoms with Crippen LogP contribution in [0.2, 0.25) is 0 Å². The van der Waals surface area contributed by atoms with Crippen LogP contribution in [-0.2, 0) is 0 Å². The maximum absolute atomic E-state index is 13.6. The normalized spacial score (nSPS) is 12.3. The van der Waals surface area contributed by atoms with Crippen molar-refractivity contribution < 1.29 is 30.7 Å². The van der Waals surface area contributed by atoms with E-state index in [0.29, 0.717) is 28.4 Å². The number of aromatic nitrogens is 2. The zero-order valence-electron chi connectivity index (χ0n) is 24.4. The maximum atomic E-state index is 13.6. The molecule has 46 heavy (non-hydrogen) atoms. The monoisotopic (exact) mass is 706 g/mol. The third kappa shape index (κ3) is 7.67. The van der Waals surface area contributed by atoms with Gasteiger partial charge in [0, 0.05) is 29.0 Å². The smallest absolute Gasteiger partial charge is 0.251 e. The van der Waals surface area contributed by atoms with Crippen molar-refractivity contribution in [3.8, 4) is 11.1 Å². The van der Waals surface area contributed by atoms with E-state index in [0.717, 1.165) is 24.3 Å². The first-order chi connectivity index (χ1) is 21.8. The Balaban J connectivity index is 0.000000216. The first kappa shape index (κ1) is 34.4. The lowest BCUT2D eigenvalue weighted by Crippen LogP contribution is -2.24. The molecule has 0 N–H and O–H groups in total. The molecular weight excluding hydrogens is 681 g/mol. The standard InChI is InChI=1S/C20H15F4NO.C14H11BrF3NO/c1-2-18(14-9-16(22)20(24)17(23)10-14)25-11-13(5-8-19(25)26)12-3-6-15(21)7-4-12;1-2-12(19-7-9(15)3-4-13(19)20)8-5-10(16)14(18)11(17)6-8/h3-11,18H,2H2,1H3;3-7,12H,2H2,1H3. The van der Waals surface area contributed by atoms with E-state index in [9.17, 15) is 40.3 Å². The van der Waals surface area contributed by atoms with Crippen LogP contribution in [0.15, 0.2) is 99.3 Å². The third-order valence-electron chi connectivity index (χ3n) is 7.24. The molecule has 0 amide bonds. The summed E-state index contributed by atoms with van der Waals surface area (Å²) < 4.78 is 96.5. The fraction of sp³-hybridized carbons (Fsp3) is 0.176. The summed E-state index contributed by atoms with van der Waals surface area (Å²) in [5.74, 6) is -8.57. The van der Waals surface area contributed by atoms with Crippen molar-refractivity contribution in [3.63, 3.8) is 0 Å². The highest BCUT2D eigenvalue weighted by molar-refractivity contribution is 9.10. The quantitative estimate of drug-likeness (QED) is 0.125. The van der Waals surface area contributed by atoms with E-state index < -0.39 is 47.0 Å². The van der Waals surface area contributed by atoms with Crippen molar-refractivity contribution >= 4 is 15.9 Å². The van der Waals surface area contributed by atoms with Gasteiger partial charge in [0.15, 0.2) is 34.9 Å². The van der Waals surface area contributed by atoms with Crippen LogP contribution >= 0.6 is 15.9 Å². The Morgan fingerprint density at radius 2 is 0.957 bits per heavy atom. The molecule has 0 aliphatic heterocycles. The van der Waals surface area contributed by atoms with Gasteiger partial charge in [-0.2, -0.15) is 0 Å². The molecule has 2 unspecified atom stereocenters. The zero-order chi connectivity index (χ0) is 33.7. The summed E-state index contributed by atoms with van der Waals surface area (Å²) >= 11 is 3.24. The summed E-state index contributed by atoms with van der Waals surface area (Å²) in [4.78, 5) is 24.2. The molecule has 3 aromatic carbocycles. The van der Waals surface area contributed by atoms with E-state index in [-0.39, 0.29) is 28.1 Å². The maximum Gasteiger partial charge on any atom is 0.251 e. The van der Waals surface area contributed by atoms with Gasteiger partial charge in [-0.3, -0.25) is 9.59 Å². The van der Waals surface area contributed by atoms with Crippen molar-refractivity contribution in [2.75, 3.05) is 0 Å². The van der Waals surface area contributed by atoms with Gasteiger partial charge in [-0.25, -0.2) is 30.7 Å². The van der Waals surface area contributed by atoms with Gasteiger partial charge >= 0.3 is 0 Å². The minimum Gasteiger partial charge on any atom is -0.307 e. The van der Waals surface area contributed by atoms with Gasteiger partial charge in [0.1, 0.15) is 5.82 Å². The molecule has 5 aromatic rings. The lowest BCUT2D eigenvalue weighted by molar-refractivity contribution is 0.439. The molecule has 2 atom stereocenters. The summed E-state index contributed by atoms with van der Waals surface area (Å²) in [6.07, 6.45) is 3.87. The molecule has 2 aromatic heterocycles. The largest absolute Gasteiger partial charge is 0.307 e. The molecule has 0 bridgehead atoms. The predicted molar refractivity (Wildman–Crippen MR) is 164 cm³/mol. The van der Waals surface area contributed by atoms with Gasteiger partial charge in [0.2, 0.25) is 0 Å². The molecule has 0 aliphatic carbocycles. The van der Waals surface area contributed by atoms with Crippen LogP contribution in [0, 0.1) is 40.7 Å². The van der Waals surface area contributed by atoms with Gasteiger partial charge in [0.25, 0.3) is 11.1 Å². The third-order valence-corrected chi connectivity index (χ3v) is 7.71. The Kier molecular flexibility index (Phi) is 11.0. The summed E-state index contributed by atoms with van der Waals surface area (Å²) in [6.45, 7) is 3.53. The average molecular weight is 707 g/mol. The van der Waals surface area contributed by atoms with Gasteiger partial charge in [0.05, 0.1) is 12.1 Å². The molecule has 0 radical (unpaired) electrons. The molecule has 12 heteroatoms. The summed E-state index contributed by atoms with van der Waals surface area (Å²) in [7, 11) is 0. The van der Waals surface area contributed by atoms with E-state index in [1.807, 2.05) is 0 Å². The minimum atomic E-state index is -1.55. The number of benzene rings is 3. The van der Waals surface area contributed by atoms with Crippen LogP contribution < -0.4 is 11.1 Å². The second-order valence-electron chi connectivity index (χ2n) is 10.2. The molecule has 0 saturated heterocycles. The fourth-order valence-electron chi connectivity index (χ4n) is 5.00. The average Bonchev–Trinajstić information content (AvgIpc) is 3.02. The molecule has 0 aliphatic rings. The van der Waals surface area contributed by atoms with E-state index in [4.69, 9.17) is 0 Å². The zero-order valence-corrected chi connectivity index (χ0v) is 26.0. The number of nitrogens with zero attached hydrogens (tertiary/aromatic N) is 2. The van der Waals surface area contributed by atoms with E-state index in [1.165, 1.54) is 39.6 Å². The molecule has 240 valence electrons. The van der Waals surface area contributed by atoms with Crippen molar-refractivity contribution in [3.05, 3.63) is 162 Å². The lowest BCUT2D eigenvalue weighted by atomic mass is 10.0. The van der Waals surface area contributed by atoms with Crippen LogP contribution in [0.25, 0.3) is 11.1 Å². The van der Waals surface area contributed by atoms with Crippen molar-refractivity contribution in [1.82, 2.24) is 9.13 Å². The Morgan fingerprint density at radius 3 is 1.39 bits per heavy atom. The summed E-state index contributed by atoms with van der Waals surface area (Å²) in [5, 5.41) is 0. The Bertz CT molecular complexity index is 1930. The van der Waals surface area contributed by atoms with Gasteiger partial charge in [-0.15, -0.1) is 0 Å². The SMILES string of the molecule is CCC(c1cc(F)c(F)c(F)c1)n1cc(-c2ccc(F)cc2)ccc1=O.CCC(c1cc(F)c(F)c(F)c1)n1cc(Br)ccc1=O. The molecule has 0 spiro atoms. The highest BCUT2D eigenvalue weighted by Gasteiger charge is 2.20. The topological polar surface area (TPSA) is 44.0 Å². The molecule has 5 rings (SSSR count). The first-order valence-corrected chi connectivity index (χ1v) is 14.8. The van der Waals surface area contributed by atoms with Crippen molar-refractivity contribution in [2.45, 2.75) is 38.8 Å². The van der Waals surface area contributed by atoms with Crippen LogP contribution in [0.4, 0.5) is 30.7 Å². The Labute approximate surface area is 267 Å². The molecule has 4 nitrogen and oxygen atoms in total. The molecular formula is C34H26BrF7N2O2. The molecule has 0 saturated carbocycles. The minimum absolute atomic E-state index is 0.155. The Morgan fingerprint density at radius 1 is 0.565 bits per heavy atom. The second kappa shape index (κ2) is 14.8. The van der Waals surface area contributed by atoms with E-state index >= 15 is 0 Å². The van der Waals surface area contributed by atoms with E-state index in [1.54, 1.807) is 44.3 Å². The lowest BCUT2D eigenvalue weighted by Gasteiger charge is -2.20.